The van der Waals surface area contributed by atoms with E-state index in [2.05, 4.69) is 5.10 Å². The first-order chi connectivity index (χ1) is 6.66. The molecule has 0 amide bonds. The zero-order valence-corrected chi connectivity index (χ0v) is 11.3. The molecule has 1 aromatic carbocycles. The van der Waals surface area contributed by atoms with Crippen LogP contribution in [0.2, 0.25) is 5.02 Å². The van der Waals surface area contributed by atoms with E-state index in [1.54, 1.807) is 19.2 Å². The van der Waals surface area contributed by atoms with Gasteiger partial charge in [0.2, 0.25) is 0 Å². The van der Waals surface area contributed by atoms with Crippen LogP contribution in [0.5, 0.6) is 5.88 Å². The van der Waals surface area contributed by atoms with E-state index in [9.17, 15) is 5.11 Å². The molecule has 0 unspecified atom stereocenters. The predicted molar refractivity (Wildman–Crippen MR) is 53.1 cm³/mol. The Hall–Kier alpha value is -0.480. The topological polar surface area (TPSA) is 40.9 Å². The molecule has 2 aromatic rings. The van der Waals surface area contributed by atoms with Crippen molar-refractivity contribution in [3.05, 3.63) is 35.4 Å². The summed E-state index contributed by atoms with van der Waals surface area (Å²) in [5, 5.41) is 15.9. The van der Waals surface area contributed by atoms with Crippen LogP contribution in [0.4, 0.5) is 0 Å². The van der Waals surface area contributed by atoms with Gasteiger partial charge in [-0.1, -0.05) is 23.7 Å². The number of rotatable bonds is 1. The van der Waals surface area contributed by atoms with Gasteiger partial charge in [0.05, 0.1) is 5.69 Å². The molecule has 72 valence electrons. The predicted octanol–water partition coefficient (Wildman–Crippen LogP) is -1.18. The Morgan fingerprint density at radius 1 is 1.27 bits per heavy atom. The molecule has 5 heteroatoms. The Balaban J connectivity index is 0.00000112. The van der Waals surface area contributed by atoms with Crippen LogP contribution in [0.3, 0.4) is 0 Å². The van der Waals surface area contributed by atoms with E-state index in [1.165, 1.54) is 10.7 Å². The maximum atomic E-state index is 11.2. The van der Waals surface area contributed by atoms with Crippen LogP contribution in [0.25, 0.3) is 11.3 Å². The summed E-state index contributed by atoms with van der Waals surface area (Å²) in [7, 11) is 1.63. The maximum absolute atomic E-state index is 11.2. The Kier molecular flexibility index (Phi) is 4.22. The van der Waals surface area contributed by atoms with E-state index in [0.717, 1.165) is 5.56 Å². The minimum absolute atomic E-state index is 0. The third-order valence-electron chi connectivity index (χ3n) is 1.98. The van der Waals surface area contributed by atoms with Crippen LogP contribution in [-0.2, 0) is 7.05 Å². The van der Waals surface area contributed by atoms with Crippen molar-refractivity contribution in [2.75, 3.05) is 0 Å². The van der Waals surface area contributed by atoms with Crippen LogP contribution in [0.1, 0.15) is 0 Å². The molecule has 0 radical (unpaired) electrons. The van der Waals surface area contributed by atoms with E-state index in [-0.39, 0.29) is 35.4 Å². The SMILES string of the molecule is Cn1nc(-c2ccc(Cl)cc2)cc1[O-].[Na+]. The van der Waals surface area contributed by atoms with Crippen LogP contribution in [0, 0.1) is 0 Å². The molecule has 3 nitrogen and oxygen atoms in total. The van der Waals surface area contributed by atoms with Gasteiger partial charge in [0.1, 0.15) is 0 Å². The van der Waals surface area contributed by atoms with Gasteiger partial charge in [0.25, 0.3) is 0 Å². The first-order valence-electron chi connectivity index (χ1n) is 4.14. The summed E-state index contributed by atoms with van der Waals surface area (Å²) in [6.07, 6.45) is 0. The van der Waals surface area contributed by atoms with E-state index in [1.807, 2.05) is 12.1 Å². The first-order valence-corrected chi connectivity index (χ1v) is 4.51. The molecule has 0 aliphatic rings. The average molecular weight is 231 g/mol. The molecule has 0 aliphatic carbocycles. The van der Waals surface area contributed by atoms with Gasteiger partial charge >= 0.3 is 29.6 Å². The fraction of sp³-hybridized carbons (Fsp3) is 0.100. The number of hydrogen-bond acceptors (Lipinski definition) is 2. The van der Waals surface area contributed by atoms with Crippen molar-refractivity contribution in [2.24, 2.45) is 7.05 Å². The number of aromatic nitrogens is 2. The quantitative estimate of drug-likeness (QED) is 0.579. The molecule has 0 spiro atoms. The van der Waals surface area contributed by atoms with Crippen molar-refractivity contribution in [1.82, 2.24) is 9.78 Å². The Morgan fingerprint density at radius 2 is 1.87 bits per heavy atom. The summed E-state index contributed by atoms with van der Waals surface area (Å²) < 4.78 is 1.31. The number of aryl methyl sites for hydroxylation is 1. The third kappa shape index (κ3) is 2.75. The monoisotopic (exact) mass is 230 g/mol. The number of nitrogens with zero attached hydrogens (tertiary/aromatic N) is 2. The van der Waals surface area contributed by atoms with Crippen LogP contribution < -0.4 is 34.7 Å². The van der Waals surface area contributed by atoms with Crippen molar-refractivity contribution in [1.29, 1.82) is 0 Å². The van der Waals surface area contributed by atoms with Gasteiger partial charge in [-0.25, -0.2) is 0 Å². The molecule has 0 saturated carbocycles. The molecule has 0 fully saturated rings. The molecule has 1 aromatic heterocycles. The standard InChI is InChI=1S/C10H9ClN2O.Na/c1-13-10(14)6-9(12-13)7-2-4-8(11)5-3-7;/h2-6,14H,1H3;/q;+1/p-1. The van der Waals surface area contributed by atoms with Gasteiger partial charge in [-0.15, -0.1) is 0 Å². The van der Waals surface area contributed by atoms with E-state index in [0.29, 0.717) is 10.7 Å². The second-order valence-corrected chi connectivity index (χ2v) is 3.43. The van der Waals surface area contributed by atoms with Gasteiger partial charge < -0.3 is 5.11 Å². The summed E-state index contributed by atoms with van der Waals surface area (Å²) in [5.41, 5.74) is 1.57. The molecule has 0 atom stereocenters. The number of halogens is 1. The molecule has 0 saturated heterocycles. The number of hydrogen-bond donors (Lipinski definition) is 0. The van der Waals surface area contributed by atoms with E-state index >= 15 is 0 Å². The first kappa shape index (κ1) is 12.6. The van der Waals surface area contributed by atoms with Crippen molar-refractivity contribution < 1.29 is 34.7 Å². The molecule has 0 N–H and O–H groups in total. The van der Waals surface area contributed by atoms with Crippen LogP contribution >= 0.6 is 11.6 Å². The normalized spacial score (nSPS) is 9.73. The van der Waals surface area contributed by atoms with Crippen molar-refractivity contribution in [3.8, 4) is 17.1 Å². The van der Waals surface area contributed by atoms with Gasteiger partial charge in [0.15, 0.2) is 0 Å². The summed E-state index contributed by atoms with van der Waals surface area (Å²) >= 11 is 5.75. The van der Waals surface area contributed by atoms with Gasteiger partial charge in [-0.2, -0.15) is 5.10 Å². The van der Waals surface area contributed by atoms with E-state index < -0.39 is 0 Å². The second kappa shape index (κ2) is 5.03. The molecule has 2 rings (SSSR count). The van der Waals surface area contributed by atoms with Gasteiger partial charge in [0, 0.05) is 17.6 Å². The largest absolute Gasteiger partial charge is 1.00 e. The third-order valence-corrected chi connectivity index (χ3v) is 2.23. The summed E-state index contributed by atoms with van der Waals surface area (Å²) in [4.78, 5) is 0. The van der Waals surface area contributed by atoms with Crippen LogP contribution in [0.15, 0.2) is 30.3 Å². The summed E-state index contributed by atoms with van der Waals surface area (Å²) in [5.74, 6) is -0.102. The molecule has 0 aliphatic heterocycles. The molecule has 15 heavy (non-hydrogen) atoms. The maximum Gasteiger partial charge on any atom is 1.00 e. The fourth-order valence-corrected chi connectivity index (χ4v) is 1.34. The molecular weight excluding hydrogens is 223 g/mol. The van der Waals surface area contributed by atoms with Gasteiger partial charge in [-0.05, 0) is 24.1 Å². The molecule has 1 heterocycles. The van der Waals surface area contributed by atoms with Crippen molar-refractivity contribution in [3.63, 3.8) is 0 Å². The average Bonchev–Trinajstić information content (AvgIpc) is 2.48. The van der Waals surface area contributed by atoms with Crippen LogP contribution in [-0.4, -0.2) is 9.78 Å². The summed E-state index contributed by atoms with van der Waals surface area (Å²) in [6.45, 7) is 0. The minimum Gasteiger partial charge on any atom is -0.859 e. The zero-order valence-electron chi connectivity index (χ0n) is 8.57. The Labute approximate surface area is 115 Å². The Morgan fingerprint density at radius 3 is 2.33 bits per heavy atom. The zero-order chi connectivity index (χ0) is 10.1. The van der Waals surface area contributed by atoms with E-state index in [4.69, 9.17) is 11.6 Å². The van der Waals surface area contributed by atoms with Gasteiger partial charge in [-0.3, -0.25) is 4.68 Å². The molecule has 0 bridgehead atoms. The smallest absolute Gasteiger partial charge is 0.859 e. The second-order valence-electron chi connectivity index (χ2n) is 3.00. The fourth-order valence-electron chi connectivity index (χ4n) is 1.21. The number of benzene rings is 1. The van der Waals surface area contributed by atoms with Crippen molar-refractivity contribution in [2.45, 2.75) is 0 Å². The van der Waals surface area contributed by atoms with Crippen molar-refractivity contribution >= 4 is 11.6 Å². The molecular formula is C10H8ClN2NaO. The Bertz CT molecular complexity index is 433. The summed E-state index contributed by atoms with van der Waals surface area (Å²) in [6, 6.07) is 8.73. The minimum atomic E-state index is -0.102.